The number of aromatic amines is 1. The van der Waals surface area contributed by atoms with Crippen LogP contribution in [0.25, 0.3) is 12.2 Å². The standard InChI is InChI=1S/C22H27N3O3/c26-14-13-25(12-11-19-15-23-21-4-2-1-3-20(19)21)16-18-7-5-17(6-8-18)9-10-22(27)24-28/h1,3,5-10,15,23,26,28H,2,4,11-14,16H2,(H,24,27)/b10-9+. The van der Waals surface area contributed by atoms with Gasteiger partial charge in [-0.25, -0.2) is 5.48 Å². The molecule has 0 bridgehead atoms. The molecule has 3 rings (SSSR count). The molecule has 0 radical (unpaired) electrons. The lowest BCUT2D eigenvalue weighted by Crippen LogP contribution is -2.28. The van der Waals surface area contributed by atoms with Gasteiger partial charge >= 0.3 is 0 Å². The fourth-order valence-electron chi connectivity index (χ4n) is 3.47. The molecule has 0 atom stereocenters. The molecule has 1 aromatic heterocycles. The lowest BCUT2D eigenvalue weighted by molar-refractivity contribution is -0.124. The number of aliphatic hydroxyl groups is 1. The number of hydrogen-bond acceptors (Lipinski definition) is 4. The largest absolute Gasteiger partial charge is 0.395 e. The van der Waals surface area contributed by atoms with Crippen molar-refractivity contribution in [1.82, 2.24) is 15.4 Å². The number of aromatic nitrogens is 1. The molecule has 2 aromatic rings. The molecule has 0 aliphatic heterocycles. The van der Waals surface area contributed by atoms with Crippen LogP contribution < -0.4 is 5.48 Å². The Morgan fingerprint density at radius 1 is 1.25 bits per heavy atom. The summed E-state index contributed by atoms with van der Waals surface area (Å²) < 4.78 is 0. The van der Waals surface area contributed by atoms with Crippen molar-refractivity contribution in [2.75, 3.05) is 19.7 Å². The van der Waals surface area contributed by atoms with Crippen molar-refractivity contribution in [1.29, 1.82) is 0 Å². The Balaban J connectivity index is 1.58. The Kier molecular flexibility index (Phi) is 7.19. The Hall–Kier alpha value is -2.67. The molecule has 0 saturated heterocycles. The molecule has 148 valence electrons. The predicted octanol–water partition coefficient (Wildman–Crippen LogP) is 2.53. The van der Waals surface area contributed by atoms with Crippen LogP contribution in [0.1, 0.15) is 34.4 Å². The number of rotatable bonds is 9. The van der Waals surface area contributed by atoms with Gasteiger partial charge in [0.2, 0.25) is 0 Å². The van der Waals surface area contributed by atoms with Crippen molar-refractivity contribution in [3.05, 3.63) is 70.6 Å². The van der Waals surface area contributed by atoms with Crippen LogP contribution in [0.3, 0.4) is 0 Å². The summed E-state index contributed by atoms with van der Waals surface area (Å²) in [5, 5.41) is 17.9. The van der Waals surface area contributed by atoms with E-state index in [0.29, 0.717) is 6.54 Å². The summed E-state index contributed by atoms with van der Waals surface area (Å²) >= 11 is 0. The molecule has 6 heteroatoms. The number of allylic oxidation sites excluding steroid dienone is 1. The van der Waals surface area contributed by atoms with Crippen LogP contribution >= 0.6 is 0 Å². The Bertz CT molecular complexity index is 837. The van der Waals surface area contributed by atoms with E-state index in [2.05, 4.69) is 28.2 Å². The summed E-state index contributed by atoms with van der Waals surface area (Å²) in [5.74, 6) is -0.556. The van der Waals surface area contributed by atoms with E-state index in [-0.39, 0.29) is 6.61 Å². The topological polar surface area (TPSA) is 88.6 Å². The zero-order valence-corrected chi connectivity index (χ0v) is 15.9. The first-order chi connectivity index (χ1) is 13.7. The zero-order chi connectivity index (χ0) is 19.8. The van der Waals surface area contributed by atoms with Crippen LogP contribution in [-0.2, 0) is 24.2 Å². The lowest BCUT2D eigenvalue weighted by Gasteiger charge is -2.21. The predicted molar refractivity (Wildman–Crippen MR) is 110 cm³/mol. The van der Waals surface area contributed by atoms with E-state index < -0.39 is 5.91 Å². The SMILES string of the molecule is O=C(/C=C/c1ccc(CN(CCO)CCc2c[nH]c3c2C=CCC3)cc1)NO. The van der Waals surface area contributed by atoms with Gasteiger partial charge in [0.15, 0.2) is 0 Å². The molecule has 1 aliphatic carbocycles. The van der Waals surface area contributed by atoms with Gasteiger partial charge < -0.3 is 10.1 Å². The molecule has 0 unspecified atom stereocenters. The van der Waals surface area contributed by atoms with Gasteiger partial charge in [0, 0.05) is 37.6 Å². The van der Waals surface area contributed by atoms with Gasteiger partial charge in [-0.2, -0.15) is 0 Å². The highest BCUT2D eigenvalue weighted by atomic mass is 16.5. The molecule has 28 heavy (non-hydrogen) atoms. The molecule has 6 nitrogen and oxygen atoms in total. The number of aryl methyl sites for hydroxylation is 1. The van der Waals surface area contributed by atoms with Crippen molar-refractivity contribution in [3.63, 3.8) is 0 Å². The number of hydrogen-bond donors (Lipinski definition) is 4. The number of amides is 1. The maximum Gasteiger partial charge on any atom is 0.267 e. The van der Waals surface area contributed by atoms with Crippen molar-refractivity contribution < 1.29 is 15.1 Å². The van der Waals surface area contributed by atoms with Crippen LogP contribution in [0.4, 0.5) is 0 Å². The quantitative estimate of drug-likeness (QED) is 0.305. The lowest BCUT2D eigenvalue weighted by atomic mass is 10.00. The molecular formula is C22H27N3O3. The van der Waals surface area contributed by atoms with Crippen molar-refractivity contribution in [2.45, 2.75) is 25.8 Å². The zero-order valence-electron chi connectivity index (χ0n) is 15.9. The summed E-state index contributed by atoms with van der Waals surface area (Å²) in [6.45, 7) is 2.38. The summed E-state index contributed by atoms with van der Waals surface area (Å²) in [6.07, 6.45) is 12.6. The maximum absolute atomic E-state index is 11.0. The van der Waals surface area contributed by atoms with Gasteiger partial charge in [-0.3, -0.25) is 14.9 Å². The third-order valence-electron chi connectivity index (χ3n) is 4.97. The van der Waals surface area contributed by atoms with E-state index in [0.717, 1.165) is 43.5 Å². The number of benzene rings is 1. The molecule has 4 N–H and O–H groups in total. The normalized spacial score (nSPS) is 13.2. The minimum Gasteiger partial charge on any atom is -0.395 e. The third-order valence-corrected chi connectivity index (χ3v) is 4.97. The van der Waals surface area contributed by atoms with Crippen molar-refractivity contribution in [2.24, 2.45) is 0 Å². The summed E-state index contributed by atoms with van der Waals surface area (Å²) in [7, 11) is 0. The Morgan fingerprint density at radius 3 is 2.82 bits per heavy atom. The van der Waals surface area contributed by atoms with E-state index in [9.17, 15) is 9.90 Å². The van der Waals surface area contributed by atoms with Gasteiger partial charge in [-0.1, -0.05) is 36.4 Å². The van der Waals surface area contributed by atoms with Crippen LogP contribution in [0.15, 0.2) is 42.6 Å². The minimum absolute atomic E-state index is 0.127. The first-order valence-corrected chi connectivity index (χ1v) is 9.59. The van der Waals surface area contributed by atoms with Crippen molar-refractivity contribution in [3.8, 4) is 0 Å². The highest BCUT2D eigenvalue weighted by Crippen LogP contribution is 2.23. The molecule has 0 fully saturated rings. The number of hydroxylamine groups is 1. The number of fused-ring (bicyclic) bond motifs is 1. The molecule has 1 amide bonds. The highest BCUT2D eigenvalue weighted by Gasteiger charge is 2.13. The second-order valence-electron chi connectivity index (χ2n) is 6.95. The summed E-state index contributed by atoms with van der Waals surface area (Å²) in [5.41, 5.74) is 7.58. The average molecular weight is 381 g/mol. The smallest absolute Gasteiger partial charge is 0.267 e. The van der Waals surface area contributed by atoms with Gasteiger partial charge in [0.1, 0.15) is 0 Å². The Labute approximate surface area is 165 Å². The number of carbonyl (C=O) groups excluding carboxylic acids is 1. The first kappa shape index (κ1) is 20.1. The first-order valence-electron chi connectivity index (χ1n) is 9.59. The fraction of sp³-hybridized carbons (Fsp3) is 0.318. The fourth-order valence-corrected chi connectivity index (χ4v) is 3.47. The third kappa shape index (κ3) is 5.42. The van der Waals surface area contributed by atoms with E-state index >= 15 is 0 Å². The second-order valence-corrected chi connectivity index (χ2v) is 6.95. The molecular weight excluding hydrogens is 354 g/mol. The molecule has 0 saturated carbocycles. The average Bonchev–Trinajstić information content (AvgIpc) is 3.14. The van der Waals surface area contributed by atoms with Gasteiger partial charge in [-0.15, -0.1) is 0 Å². The van der Waals surface area contributed by atoms with Gasteiger partial charge in [0.05, 0.1) is 6.61 Å². The monoisotopic (exact) mass is 381 g/mol. The van der Waals surface area contributed by atoms with Crippen LogP contribution in [-0.4, -0.2) is 45.8 Å². The van der Waals surface area contributed by atoms with Crippen LogP contribution in [0.5, 0.6) is 0 Å². The number of carbonyl (C=O) groups is 1. The Morgan fingerprint density at radius 2 is 2.07 bits per heavy atom. The number of H-pyrrole nitrogens is 1. The van der Waals surface area contributed by atoms with E-state index in [4.69, 9.17) is 5.21 Å². The number of aliphatic hydroxyl groups excluding tert-OH is 1. The summed E-state index contributed by atoms with van der Waals surface area (Å²) in [4.78, 5) is 16.7. The molecule has 1 aliphatic rings. The van der Waals surface area contributed by atoms with Gasteiger partial charge in [0.25, 0.3) is 5.91 Å². The molecule has 1 aromatic carbocycles. The van der Waals surface area contributed by atoms with Crippen LogP contribution in [0, 0.1) is 0 Å². The van der Waals surface area contributed by atoms with E-state index in [1.165, 1.54) is 22.9 Å². The number of nitrogens with one attached hydrogen (secondary N) is 2. The van der Waals surface area contributed by atoms with Crippen molar-refractivity contribution >= 4 is 18.1 Å². The van der Waals surface area contributed by atoms with E-state index in [1.54, 1.807) is 11.6 Å². The summed E-state index contributed by atoms with van der Waals surface area (Å²) in [6, 6.07) is 7.89. The number of nitrogens with zero attached hydrogens (tertiary/aromatic N) is 1. The highest BCUT2D eigenvalue weighted by molar-refractivity contribution is 5.90. The van der Waals surface area contributed by atoms with Crippen LogP contribution in [0.2, 0.25) is 0 Å². The molecule has 0 spiro atoms. The minimum atomic E-state index is -0.556. The van der Waals surface area contributed by atoms with Gasteiger partial charge in [-0.05, 0) is 47.6 Å². The van der Waals surface area contributed by atoms with E-state index in [1.807, 2.05) is 24.3 Å². The second kappa shape index (κ2) is 10.0. The molecule has 1 heterocycles. The maximum atomic E-state index is 11.0.